The number of aromatic nitrogens is 3. The number of nitrogens with zero attached hydrogens (tertiary/aromatic N) is 3. The van der Waals surface area contributed by atoms with Crippen LogP contribution in [-0.4, -0.2) is 26.9 Å². The number of rotatable bonds is 3. The molecule has 0 unspecified atom stereocenters. The zero-order chi connectivity index (χ0) is 15.5. The van der Waals surface area contributed by atoms with E-state index in [9.17, 15) is 4.79 Å². The molecule has 0 saturated heterocycles. The zero-order valence-electron chi connectivity index (χ0n) is 12.0. The van der Waals surface area contributed by atoms with Gasteiger partial charge in [0.15, 0.2) is 0 Å². The van der Waals surface area contributed by atoms with Crippen LogP contribution in [0.2, 0.25) is 0 Å². The Morgan fingerprint density at radius 2 is 2.05 bits per heavy atom. The van der Waals surface area contributed by atoms with Crippen LogP contribution in [0.5, 0.6) is 0 Å². The summed E-state index contributed by atoms with van der Waals surface area (Å²) in [6, 6.07) is 11.0. The molecule has 0 fully saturated rings. The first-order chi connectivity index (χ1) is 10.6. The molecule has 3 rings (SSSR count). The van der Waals surface area contributed by atoms with Crippen molar-refractivity contribution in [3.63, 3.8) is 0 Å². The van der Waals surface area contributed by atoms with Gasteiger partial charge in [-0.15, -0.1) is 0 Å². The highest BCUT2D eigenvalue weighted by molar-refractivity contribution is 5.93. The van der Waals surface area contributed by atoms with Gasteiger partial charge < -0.3 is 5.73 Å². The molecule has 22 heavy (non-hydrogen) atoms. The summed E-state index contributed by atoms with van der Waals surface area (Å²) in [5.41, 5.74) is 7.99. The largest absolute Gasteiger partial charge is 0.320 e. The van der Waals surface area contributed by atoms with Gasteiger partial charge in [0.25, 0.3) is 0 Å². The number of nitrogens with two attached hydrogens (primary N) is 1. The maximum Gasteiger partial charge on any atom is 0.243 e. The maximum atomic E-state index is 11.6. The van der Waals surface area contributed by atoms with Crippen molar-refractivity contribution in [2.75, 3.05) is 5.32 Å². The Morgan fingerprint density at radius 1 is 1.23 bits per heavy atom. The summed E-state index contributed by atoms with van der Waals surface area (Å²) in [6.07, 6.45) is 3.34. The highest BCUT2D eigenvalue weighted by Crippen LogP contribution is 2.21. The molecule has 0 spiro atoms. The lowest BCUT2D eigenvalue weighted by atomic mass is 10.1. The van der Waals surface area contributed by atoms with E-state index < -0.39 is 6.04 Å². The Balaban J connectivity index is 1.94. The summed E-state index contributed by atoms with van der Waals surface area (Å²) < 4.78 is 0. The van der Waals surface area contributed by atoms with Gasteiger partial charge in [0.05, 0.1) is 17.3 Å². The number of fused-ring (bicyclic) bond motifs is 1. The van der Waals surface area contributed by atoms with Crippen LogP contribution in [0.1, 0.15) is 6.92 Å². The molecule has 1 aromatic carbocycles. The molecule has 0 radical (unpaired) electrons. The molecule has 2 heterocycles. The molecular weight excluding hydrogens is 278 g/mol. The second-order valence-electron chi connectivity index (χ2n) is 4.96. The van der Waals surface area contributed by atoms with Gasteiger partial charge in [-0.2, -0.15) is 0 Å². The summed E-state index contributed by atoms with van der Waals surface area (Å²) >= 11 is 0. The van der Waals surface area contributed by atoms with Gasteiger partial charge in [-0.05, 0) is 25.1 Å². The van der Waals surface area contributed by atoms with Gasteiger partial charge in [-0.3, -0.25) is 15.1 Å². The Hall–Kier alpha value is -2.86. The fourth-order valence-corrected chi connectivity index (χ4v) is 2.01. The molecule has 6 nitrogen and oxygen atoms in total. The van der Waals surface area contributed by atoms with Crippen molar-refractivity contribution >= 4 is 22.8 Å². The molecular formula is C16H15N5O. The van der Waals surface area contributed by atoms with Crippen molar-refractivity contribution in [3.05, 3.63) is 48.8 Å². The summed E-state index contributed by atoms with van der Waals surface area (Å²) in [4.78, 5) is 24.4. The van der Waals surface area contributed by atoms with Crippen LogP contribution in [0.15, 0.2) is 48.8 Å². The minimum Gasteiger partial charge on any atom is -0.320 e. The predicted molar refractivity (Wildman–Crippen MR) is 85.0 cm³/mol. The topological polar surface area (TPSA) is 93.8 Å². The van der Waals surface area contributed by atoms with Crippen LogP contribution in [0.3, 0.4) is 0 Å². The third-order valence-electron chi connectivity index (χ3n) is 3.19. The van der Waals surface area contributed by atoms with Crippen LogP contribution >= 0.6 is 0 Å². The molecule has 2 aromatic heterocycles. The summed E-state index contributed by atoms with van der Waals surface area (Å²) in [5.74, 6) is -0.0956. The highest BCUT2D eigenvalue weighted by atomic mass is 16.2. The lowest BCUT2D eigenvalue weighted by molar-refractivity contribution is -0.117. The Morgan fingerprint density at radius 3 is 2.86 bits per heavy atom. The SMILES string of the molecule is C[C@H](N)C(=O)Nc1nccc(-c2cnc3ccccc3c2)n1. The van der Waals surface area contributed by atoms with Crippen molar-refractivity contribution in [2.24, 2.45) is 5.73 Å². The first-order valence-corrected chi connectivity index (χ1v) is 6.88. The minimum atomic E-state index is -0.616. The molecule has 0 saturated carbocycles. The van der Waals surface area contributed by atoms with Gasteiger partial charge in [0.1, 0.15) is 0 Å². The fourth-order valence-electron chi connectivity index (χ4n) is 2.01. The molecule has 1 atom stereocenters. The normalized spacial score (nSPS) is 12.1. The first kappa shape index (κ1) is 14.1. The van der Waals surface area contributed by atoms with E-state index in [0.717, 1.165) is 16.5 Å². The first-order valence-electron chi connectivity index (χ1n) is 6.88. The lowest BCUT2D eigenvalue weighted by Crippen LogP contribution is -2.33. The molecule has 0 aliphatic rings. The third-order valence-corrected chi connectivity index (χ3v) is 3.19. The van der Waals surface area contributed by atoms with Crippen molar-refractivity contribution < 1.29 is 4.79 Å². The molecule has 1 amide bonds. The highest BCUT2D eigenvalue weighted by Gasteiger charge is 2.10. The number of para-hydroxylation sites is 1. The van der Waals surface area contributed by atoms with E-state index in [2.05, 4.69) is 20.3 Å². The van der Waals surface area contributed by atoms with Crippen LogP contribution in [0.25, 0.3) is 22.2 Å². The minimum absolute atomic E-state index is 0.230. The van der Waals surface area contributed by atoms with Crippen LogP contribution < -0.4 is 11.1 Å². The van der Waals surface area contributed by atoms with E-state index in [1.54, 1.807) is 25.4 Å². The van der Waals surface area contributed by atoms with Crippen LogP contribution in [0, 0.1) is 0 Å². The number of carbonyl (C=O) groups is 1. The number of hydrogen-bond donors (Lipinski definition) is 2. The van der Waals surface area contributed by atoms with Gasteiger partial charge in [-0.25, -0.2) is 9.97 Å². The van der Waals surface area contributed by atoms with Crippen molar-refractivity contribution in [1.82, 2.24) is 15.0 Å². The number of hydrogen-bond acceptors (Lipinski definition) is 5. The van der Waals surface area contributed by atoms with Gasteiger partial charge in [0, 0.05) is 23.3 Å². The Kier molecular flexibility index (Phi) is 3.76. The monoisotopic (exact) mass is 293 g/mol. The quantitative estimate of drug-likeness (QED) is 0.770. The number of carbonyl (C=O) groups excluding carboxylic acids is 1. The van der Waals surface area contributed by atoms with E-state index in [1.165, 1.54) is 0 Å². The molecule has 3 N–H and O–H groups in total. The Labute approximate surface area is 127 Å². The molecule has 3 aromatic rings. The molecule has 0 aliphatic carbocycles. The van der Waals surface area contributed by atoms with Gasteiger partial charge in [0.2, 0.25) is 11.9 Å². The van der Waals surface area contributed by atoms with Crippen LogP contribution in [-0.2, 0) is 4.79 Å². The summed E-state index contributed by atoms with van der Waals surface area (Å²) in [7, 11) is 0. The van der Waals surface area contributed by atoms with Crippen LogP contribution in [0.4, 0.5) is 5.95 Å². The molecule has 0 bridgehead atoms. The van der Waals surface area contributed by atoms with E-state index >= 15 is 0 Å². The average molecular weight is 293 g/mol. The molecule has 0 aliphatic heterocycles. The molecule has 110 valence electrons. The zero-order valence-corrected chi connectivity index (χ0v) is 12.0. The van der Waals surface area contributed by atoms with E-state index in [4.69, 9.17) is 5.73 Å². The number of anilines is 1. The summed E-state index contributed by atoms with van der Waals surface area (Å²) in [6.45, 7) is 1.60. The maximum absolute atomic E-state index is 11.6. The number of pyridine rings is 1. The van der Waals surface area contributed by atoms with E-state index in [0.29, 0.717) is 5.69 Å². The second kappa shape index (κ2) is 5.87. The smallest absolute Gasteiger partial charge is 0.243 e. The predicted octanol–water partition coefficient (Wildman–Crippen LogP) is 1.98. The number of benzene rings is 1. The number of nitrogens with one attached hydrogen (secondary N) is 1. The van der Waals surface area contributed by atoms with E-state index in [-0.39, 0.29) is 11.9 Å². The second-order valence-corrected chi connectivity index (χ2v) is 4.96. The van der Waals surface area contributed by atoms with Gasteiger partial charge in [-0.1, -0.05) is 18.2 Å². The van der Waals surface area contributed by atoms with Crippen molar-refractivity contribution in [1.29, 1.82) is 0 Å². The Bertz CT molecular complexity index is 831. The average Bonchev–Trinajstić information content (AvgIpc) is 2.54. The van der Waals surface area contributed by atoms with Gasteiger partial charge >= 0.3 is 0 Å². The van der Waals surface area contributed by atoms with E-state index in [1.807, 2.05) is 30.3 Å². The number of amides is 1. The van der Waals surface area contributed by atoms with Crippen molar-refractivity contribution in [2.45, 2.75) is 13.0 Å². The summed E-state index contributed by atoms with van der Waals surface area (Å²) in [5, 5.41) is 3.61. The standard InChI is InChI=1S/C16H15N5O/c1-10(17)15(22)21-16-18-7-6-14(20-16)12-8-11-4-2-3-5-13(11)19-9-12/h2-10H,17H2,1H3,(H,18,20,21,22)/t10-/m0/s1. The van der Waals surface area contributed by atoms with Crippen molar-refractivity contribution in [3.8, 4) is 11.3 Å². The fraction of sp³-hybridized carbons (Fsp3) is 0.125. The lowest BCUT2D eigenvalue weighted by Gasteiger charge is -2.08. The molecule has 6 heteroatoms. The third kappa shape index (κ3) is 2.91.